The molecule has 0 saturated carbocycles. The van der Waals surface area contributed by atoms with Crippen molar-refractivity contribution in [2.24, 2.45) is 0 Å². The van der Waals surface area contributed by atoms with E-state index in [1.165, 1.54) is 18.2 Å². The zero-order chi connectivity index (χ0) is 14.5. The van der Waals surface area contributed by atoms with Crippen LogP contribution in [0.3, 0.4) is 0 Å². The maximum absolute atomic E-state index is 14.1. The molecule has 4 heteroatoms. The van der Waals surface area contributed by atoms with E-state index in [2.05, 4.69) is 21.2 Å². The lowest BCUT2D eigenvalue weighted by atomic mass is 9.98. The number of nitrogens with one attached hydrogen (secondary N) is 1. The summed E-state index contributed by atoms with van der Waals surface area (Å²) in [6.07, 6.45) is 0.918. The predicted molar refractivity (Wildman–Crippen MR) is 80.6 cm³/mol. The quantitative estimate of drug-likeness (QED) is 0.823. The van der Waals surface area contributed by atoms with Gasteiger partial charge in [0.1, 0.15) is 11.6 Å². The molecular formula is C16H16BrF2N. The first kappa shape index (κ1) is 15.1. The van der Waals surface area contributed by atoms with Crippen LogP contribution in [-0.4, -0.2) is 6.54 Å². The van der Waals surface area contributed by atoms with Crippen LogP contribution < -0.4 is 5.32 Å². The third-order valence-corrected chi connectivity index (χ3v) is 3.54. The largest absolute Gasteiger partial charge is 0.306 e. The number of benzene rings is 2. The van der Waals surface area contributed by atoms with Gasteiger partial charge in [0.15, 0.2) is 0 Å². The van der Waals surface area contributed by atoms with Crippen molar-refractivity contribution >= 4 is 15.9 Å². The van der Waals surface area contributed by atoms with Gasteiger partial charge < -0.3 is 5.32 Å². The lowest BCUT2D eigenvalue weighted by Gasteiger charge is -2.20. The molecule has 1 nitrogen and oxygen atoms in total. The van der Waals surface area contributed by atoms with Crippen LogP contribution in [-0.2, 0) is 0 Å². The molecule has 2 aromatic rings. The molecule has 0 aliphatic carbocycles. The van der Waals surface area contributed by atoms with Crippen LogP contribution in [0.25, 0.3) is 0 Å². The highest BCUT2D eigenvalue weighted by molar-refractivity contribution is 9.10. The first-order valence-electron chi connectivity index (χ1n) is 6.55. The first-order chi connectivity index (χ1) is 9.61. The molecule has 1 atom stereocenters. The Morgan fingerprint density at radius 3 is 2.65 bits per heavy atom. The van der Waals surface area contributed by atoms with E-state index in [0.29, 0.717) is 5.56 Å². The fourth-order valence-electron chi connectivity index (χ4n) is 2.12. The Morgan fingerprint density at radius 1 is 1.15 bits per heavy atom. The molecule has 1 unspecified atom stereocenters. The summed E-state index contributed by atoms with van der Waals surface area (Å²) >= 11 is 3.35. The van der Waals surface area contributed by atoms with E-state index < -0.39 is 0 Å². The minimum atomic E-state index is -0.358. The fourth-order valence-corrected chi connectivity index (χ4v) is 2.50. The van der Waals surface area contributed by atoms with E-state index in [4.69, 9.17) is 0 Å². The van der Waals surface area contributed by atoms with Crippen LogP contribution >= 0.6 is 15.9 Å². The molecule has 1 N–H and O–H groups in total. The van der Waals surface area contributed by atoms with E-state index in [9.17, 15) is 8.78 Å². The highest BCUT2D eigenvalue weighted by atomic mass is 79.9. The van der Waals surface area contributed by atoms with Crippen molar-refractivity contribution in [3.63, 3.8) is 0 Å². The molecule has 0 saturated heterocycles. The molecule has 20 heavy (non-hydrogen) atoms. The summed E-state index contributed by atoms with van der Waals surface area (Å²) in [5, 5.41) is 3.27. The molecule has 2 aromatic carbocycles. The smallest absolute Gasteiger partial charge is 0.128 e. The molecule has 0 aromatic heterocycles. The standard InChI is InChI=1S/C16H16BrF2N/c1-2-8-20-16(11-4-3-5-13(18)9-11)14-10-12(17)6-7-15(14)19/h3-7,9-10,16,20H,2,8H2,1H3. The van der Waals surface area contributed by atoms with Gasteiger partial charge in [0.05, 0.1) is 6.04 Å². The Balaban J connectivity index is 2.44. The zero-order valence-corrected chi connectivity index (χ0v) is 12.8. The van der Waals surface area contributed by atoms with Gasteiger partial charge >= 0.3 is 0 Å². The van der Waals surface area contributed by atoms with Crippen LogP contribution in [0.15, 0.2) is 46.9 Å². The van der Waals surface area contributed by atoms with Crippen LogP contribution in [0, 0.1) is 11.6 Å². The number of hydrogen-bond acceptors (Lipinski definition) is 1. The second kappa shape index (κ2) is 6.95. The molecule has 0 heterocycles. The van der Waals surface area contributed by atoms with Crippen molar-refractivity contribution in [2.45, 2.75) is 19.4 Å². The van der Waals surface area contributed by atoms with Gasteiger partial charge in [0.25, 0.3) is 0 Å². The van der Waals surface area contributed by atoms with Crippen LogP contribution in [0.1, 0.15) is 30.5 Å². The van der Waals surface area contributed by atoms with E-state index in [-0.39, 0.29) is 17.7 Å². The Kier molecular flexibility index (Phi) is 5.26. The SMILES string of the molecule is CCCNC(c1cccc(F)c1)c1cc(Br)ccc1F. The summed E-state index contributed by atoms with van der Waals surface area (Å²) in [6, 6.07) is 10.7. The third-order valence-electron chi connectivity index (χ3n) is 3.05. The van der Waals surface area contributed by atoms with Gasteiger partial charge in [-0.3, -0.25) is 0 Å². The van der Waals surface area contributed by atoms with Gasteiger partial charge in [-0.05, 0) is 48.9 Å². The summed E-state index contributed by atoms with van der Waals surface area (Å²) < 4.78 is 28.3. The van der Waals surface area contributed by atoms with Crippen molar-refractivity contribution in [1.29, 1.82) is 0 Å². The minimum absolute atomic E-state index is 0.300. The molecule has 0 fully saturated rings. The second-order valence-corrected chi connectivity index (χ2v) is 5.52. The third kappa shape index (κ3) is 3.64. The number of rotatable bonds is 5. The molecule has 0 spiro atoms. The molecule has 106 valence electrons. The van der Waals surface area contributed by atoms with Crippen molar-refractivity contribution in [3.05, 3.63) is 69.7 Å². The summed E-state index contributed by atoms with van der Waals surface area (Å²) in [5.41, 5.74) is 1.23. The molecular weight excluding hydrogens is 324 g/mol. The highest BCUT2D eigenvalue weighted by Crippen LogP contribution is 2.27. The molecule has 0 amide bonds. The molecule has 2 rings (SSSR count). The van der Waals surface area contributed by atoms with E-state index in [0.717, 1.165) is 23.0 Å². The lowest BCUT2D eigenvalue weighted by molar-refractivity contribution is 0.542. The normalized spacial score (nSPS) is 12.4. The van der Waals surface area contributed by atoms with Crippen molar-refractivity contribution in [3.8, 4) is 0 Å². The maximum atomic E-state index is 14.1. The summed E-state index contributed by atoms with van der Waals surface area (Å²) in [4.78, 5) is 0. The summed E-state index contributed by atoms with van der Waals surface area (Å²) in [5.74, 6) is -0.618. The topological polar surface area (TPSA) is 12.0 Å². The van der Waals surface area contributed by atoms with E-state index in [1.54, 1.807) is 24.3 Å². The Hall–Kier alpha value is -1.26. The van der Waals surface area contributed by atoms with Crippen LogP contribution in [0.2, 0.25) is 0 Å². The van der Waals surface area contributed by atoms with E-state index >= 15 is 0 Å². The average Bonchev–Trinajstić information content (AvgIpc) is 2.43. The van der Waals surface area contributed by atoms with E-state index in [1.807, 2.05) is 6.92 Å². The Bertz CT molecular complexity index is 586. The average molecular weight is 340 g/mol. The van der Waals surface area contributed by atoms with Gasteiger partial charge in [0, 0.05) is 10.0 Å². The van der Waals surface area contributed by atoms with Crippen molar-refractivity contribution < 1.29 is 8.78 Å². The van der Waals surface area contributed by atoms with Crippen molar-refractivity contribution in [1.82, 2.24) is 5.32 Å². The number of hydrogen-bond donors (Lipinski definition) is 1. The van der Waals surface area contributed by atoms with Gasteiger partial charge in [-0.25, -0.2) is 8.78 Å². The van der Waals surface area contributed by atoms with Crippen LogP contribution in [0.5, 0.6) is 0 Å². The lowest BCUT2D eigenvalue weighted by Crippen LogP contribution is -2.24. The molecule has 0 bridgehead atoms. The van der Waals surface area contributed by atoms with Gasteiger partial charge in [-0.15, -0.1) is 0 Å². The molecule has 0 aliphatic heterocycles. The monoisotopic (exact) mass is 339 g/mol. The second-order valence-electron chi connectivity index (χ2n) is 4.61. The molecule has 0 radical (unpaired) electrons. The molecule has 0 aliphatic rings. The van der Waals surface area contributed by atoms with Crippen molar-refractivity contribution in [2.75, 3.05) is 6.54 Å². The predicted octanol–water partition coefficient (Wildman–Crippen LogP) is 4.82. The van der Waals surface area contributed by atoms with Gasteiger partial charge in [0.2, 0.25) is 0 Å². The maximum Gasteiger partial charge on any atom is 0.128 e. The minimum Gasteiger partial charge on any atom is -0.306 e. The summed E-state index contributed by atoms with van der Waals surface area (Å²) in [7, 11) is 0. The van der Waals surface area contributed by atoms with Gasteiger partial charge in [-0.1, -0.05) is 35.0 Å². The van der Waals surface area contributed by atoms with Gasteiger partial charge in [-0.2, -0.15) is 0 Å². The highest BCUT2D eigenvalue weighted by Gasteiger charge is 2.18. The fraction of sp³-hybridized carbons (Fsp3) is 0.250. The zero-order valence-electron chi connectivity index (χ0n) is 11.2. The summed E-state index contributed by atoms with van der Waals surface area (Å²) in [6.45, 7) is 2.76. The van der Waals surface area contributed by atoms with Crippen LogP contribution in [0.4, 0.5) is 8.78 Å². The Labute approximate surface area is 126 Å². The Morgan fingerprint density at radius 2 is 1.95 bits per heavy atom. The first-order valence-corrected chi connectivity index (χ1v) is 7.35. The number of halogens is 3.